The molecule has 0 unspecified atom stereocenters. The Morgan fingerprint density at radius 1 is 0.500 bits per heavy atom. The normalized spacial score (nSPS) is 11.7. The number of carbonyl (C=O) groups is 1. The number of benzene rings is 1. The van der Waals surface area contributed by atoms with Crippen molar-refractivity contribution >= 4 is 16.1 Å². The van der Waals surface area contributed by atoms with Crippen molar-refractivity contribution in [1.29, 1.82) is 0 Å². The molecule has 1 aromatic rings. The molecule has 0 aliphatic rings. The zero-order valence-corrected chi connectivity index (χ0v) is 26.7. The molecule has 0 spiro atoms. The minimum Gasteiger partial charge on any atom is -0.466 e. The summed E-state index contributed by atoms with van der Waals surface area (Å²) in [5, 5.41) is 0. The number of hydrogen-bond donors (Lipinski definition) is 0. The van der Waals surface area contributed by atoms with E-state index in [4.69, 9.17) is 51.6 Å². The van der Waals surface area contributed by atoms with Crippen LogP contribution in [0.25, 0.3) is 0 Å². The molecule has 0 heterocycles. The molecular formula is C29H50O14S. The van der Waals surface area contributed by atoms with E-state index in [1.54, 1.807) is 25.1 Å². The minimum absolute atomic E-state index is 0.0617. The topological polar surface area (TPSA) is 153 Å². The average molecular weight is 655 g/mol. The van der Waals surface area contributed by atoms with Crippen LogP contribution in [0, 0.1) is 0 Å². The van der Waals surface area contributed by atoms with Crippen molar-refractivity contribution in [3.8, 4) is 0 Å². The lowest BCUT2D eigenvalue weighted by molar-refractivity contribution is -0.144. The van der Waals surface area contributed by atoms with Crippen molar-refractivity contribution in [2.24, 2.45) is 0 Å². The maximum absolute atomic E-state index is 12.0. The van der Waals surface area contributed by atoms with Crippen molar-refractivity contribution in [1.82, 2.24) is 0 Å². The van der Waals surface area contributed by atoms with E-state index < -0.39 is 10.1 Å². The molecule has 0 atom stereocenters. The van der Waals surface area contributed by atoms with Gasteiger partial charge in [0.25, 0.3) is 10.1 Å². The molecular weight excluding hydrogens is 604 g/mol. The molecule has 0 aliphatic carbocycles. The molecule has 1 aromatic carbocycles. The van der Waals surface area contributed by atoms with Crippen LogP contribution < -0.4 is 0 Å². The smallest absolute Gasteiger partial charge is 0.308 e. The van der Waals surface area contributed by atoms with Crippen molar-refractivity contribution < 1.29 is 64.8 Å². The summed E-state index contributed by atoms with van der Waals surface area (Å²) in [6.07, 6.45) is 0.248. The summed E-state index contributed by atoms with van der Waals surface area (Å²) in [6.45, 7) is 9.62. The fraction of sp³-hybridized carbons (Fsp3) is 0.759. The molecule has 14 nitrogen and oxygen atoms in total. The molecule has 0 bridgehead atoms. The first-order chi connectivity index (χ1) is 21.6. The van der Waals surface area contributed by atoms with E-state index >= 15 is 0 Å². The Balaban J connectivity index is 1.68. The standard InChI is InChI=1S/C29H50O14S/c1-2-42-29(30)8-9-33-10-11-34-12-13-35-14-15-36-16-17-37-18-19-38-20-21-39-22-23-40-24-25-41-26-27-43-44(31,32)28-6-4-3-5-7-28/h3-7H,2,8-27H2,1H3. The monoisotopic (exact) mass is 654 g/mol. The fourth-order valence-corrected chi connectivity index (χ4v) is 4.02. The van der Waals surface area contributed by atoms with Crippen molar-refractivity contribution in [3.05, 3.63) is 30.3 Å². The van der Waals surface area contributed by atoms with E-state index in [1.165, 1.54) is 12.1 Å². The molecule has 15 heteroatoms. The van der Waals surface area contributed by atoms with Crippen LogP contribution in [0.4, 0.5) is 0 Å². The summed E-state index contributed by atoms with van der Waals surface area (Å²) in [5.74, 6) is -0.259. The first kappa shape index (κ1) is 40.3. The summed E-state index contributed by atoms with van der Waals surface area (Å²) < 4.78 is 82.2. The van der Waals surface area contributed by atoms with Crippen LogP contribution in [0.15, 0.2) is 35.2 Å². The molecule has 0 aliphatic heterocycles. The number of hydrogen-bond acceptors (Lipinski definition) is 14. The Labute approximate surface area is 261 Å². The second-order valence-corrected chi connectivity index (χ2v) is 10.3. The Hall–Kier alpha value is -1.76. The van der Waals surface area contributed by atoms with Gasteiger partial charge in [0.2, 0.25) is 0 Å². The Morgan fingerprint density at radius 3 is 1.16 bits per heavy atom. The van der Waals surface area contributed by atoms with Gasteiger partial charge in [-0.3, -0.25) is 8.98 Å². The SMILES string of the molecule is CCOC(=O)CCOCCOCCOCCOCCOCCOCCOCCOCCOCCOS(=O)(=O)c1ccccc1. The molecule has 0 aromatic heterocycles. The highest BCUT2D eigenvalue weighted by molar-refractivity contribution is 7.86. The highest BCUT2D eigenvalue weighted by Gasteiger charge is 2.13. The van der Waals surface area contributed by atoms with E-state index in [-0.39, 0.29) is 30.5 Å². The fourth-order valence-electron chi connectivity index (χ4n) is 3.11. The third-order valence-electron chi connectivity index (χ3n) is 5.23. The summed E-state index contributed by atoms with van der Waals surface area (Å²) in [6, 6.07) is 7.96. The quantitative estimate of drug-likeness (QED) is 0.0611. The van der Waals surface area contributed by atoms with Crippen LogP contribution in [-0.4, -0.2) is 147 Å². The molecule has 0 amide bonds. The largest absolute Gasteiger partial charge is 0.466 e. The van der Waals surface area contributed by atoms with Gasteiger partial charge in [-0.1, -0.05) is 18.2 Å². The zero-order chi connectivity index (χ0) is 31.8. The number of carbonyl (C=O) groups excluding carboxylic acids is 1. The van der Waals surface area contributed by atoms with Gasteiger partial charge in [0.1, 0.15) is 0 Å². The van der Waals surface area contributed by atoms with Gasteiger partial charge in [-0.15, -0.1) is 0 Å². The molecule has 256 valence electrons. The van der Waals surface area contributed by atoms with Gasteiger partial charge < -0.3 is 47.4 Å². The molecule has 0 N–H and O–H groups in total. The number of esters is 1. The second-order valence-electron chi connectivity index (χ2n) is 8.66. The second kappa shape index (κ2) is 29.9. The van der Waals surface area contributed by atoms with Crippen LogP contribution in [0.2, 0.25) is 0 Å². The first-order valence-electron chi connectivity index (χ1n) is 14.9. The predicted octanol–water partition coefficient (Wildman–Crippen LogP) is 1.49. The van der Waals surface area contributed by atoms with E-state index in [2.05, 4.69) is 0 Å². The lowest BCUT2D eigenvalue weighted by Gasteiger charge is -2.09. The Morgan fingerprint density at radius 2 is 0.818 bits per heavy atom. The minimum atomic E-state index is -3.76. The van der Waals surface area contributed by atoms with Crippen molar-refractivity contribution in [3.63, 3.8) is 0 Å². The first-order valence-corrected chi connectivity index (χ1v) is 16.3. The van der Waals surface area contributed by atoms with Gasteiger partial charge in [0.15, 0.2) is 0 Å². The summed E-state index contributed by atoms with van der Waals surface area (Å²) >= 11 is 0. The third-order valence-corrected chi connectivity index (χ3v) is 6.56. The average Bonchev–Trinajstić information content (AvgIpc) is 3.02. The predicted molar refractivity (Wildman–Crippen MR) is 158 cm³/mol. The van der Waals surface area contributed by atoms with Crippen LogP contribution in [0.5, 0.6) is 0 Å². The van der Waals surface area contributed by atoms with Crippen LogP contribution in [0.1, 0.15) is 13.3 Å². The van der Waals surface area contributed by atoms with Crippen LogP contribution >= 0.6 is 0 Å². The Kier molecular flexibility index (Phi) is 27.4. The van der Waals surface area contributed by atoms with Gasteiger partial charge in [0, 0.05) is 0 Å². The molecule has 0 fully saturated rings. The van der Waals surface area contributed by atoms with E-state index in [0.717, 1.165) is 0 Å². The molecule has 44 heavy (non-hydrogen) atoms. The van der Waals surface area contributed by atoms with Gasteiger partial charge in [-0.25, -0.2) is 0 Å². The lowest BCUT2D eigenvalue weighted by Crippen LogP contribution is -2.15. The van der Waals surface area contributed by atoms with E-state index in [0.29, 0.717) is 119 Å². The van der Waals surface area contributed by atoms with Gasteiger partial charge in [-0.05, 0) is 19.1 Å². The molecule has 0 saturated heterocycles. The number of ether oxygens (including phenoxy) is 10. The highest BCUT2D eigenvalue weighted by atomic mass is 32.2. The van der Waals surface area contributed by atoms with Crippen LogP contribution in [-0.2, 0) is 66.5 Å². The van der Waals surface area contributed by atoms with Gasteiger partial charge in [0.05, 0.1) is 143 Å². The highest BCUT2D eigenvalue weighted by Crippen LogP contribution is 2.10. The van der Waals surface area contributed by atoms with E-state index in [9.17, 15) is 13.2 Å². The van der Waals surface area contributed by atoms with Crippen molar-refractivity contribution in [2.75, 3.05) is 132 Å². The lowest BCUT2D eigenvalue weighted by atomic mass is 10.4. The summed E-state index contributed by atoms with van der Waals surface area (Å²) in [7, 11) is -3.76. The van der Waals surface area contributed by atoms with E-state index in [1.807, 2.05) is 0 Å². The van der Waals surface area contributed by atoms with Crippen molar-refractivity contribution in [2.45, 2.75) is 18.2 Å². The van der Waals surface area contributed by atoms with Gasteiger partial charge in [-0.2, -0.15) is 8.42 Å². The molecule has 0 saturated carbocycles. The maximum atomic E-state index is 12.0. The summed E-state index contributed by atoms with van der Waals surface area (Å²) in [4.78, 5) is 11.3. The van der Waals surface area contributed by atoms with Crippen LogP contribution in [0.3, 0.4) is 0 Å². The zero-order valence-electron chi connectivity index (χ0n) is 25.9. The summed E-state index contributed by atoms with van der Waals surface area (Å²) in [5.41, 5.74) is 0. The van der Waals surface area contributed by atoms with Gasteiger partial charge >= 0.3 is 5.97 Å². The third kappa shape index (κ3) is 25.6. The molecule has 1 rings (SSSR count). The maximum Gasteiger partial charge on any atom is 0.308 e. The Bertz CT molecular complexity index is 872. The number of rotatable bonds is 33. The molecule has 0 radical (unpaired) electrons.